The van der Waals surface area contributed by atoms with Crippen molar-refractivity contribution >= 4 is 51.7 Å². The van der Waals surface area contributed by atoms with E-state index in [9.17, 15) is 9.59 Å². The third-order valence-corrected chi connectivity index (χ3v) is 6.76. The minimum atomic E-state index is -0.469. The molecule has 3 aromatic carbocycles. The number of benzene rings is 3. The number of hydrogen-bond acceptors (Lipinski definition) is 6. The van der Waals surface area contributed by atoms with Gasteiger partial charge in [-0.15, -0.1) is 11.3 Å². The number of methoxy groups -OCH3 is 1. The van der Waals surface area contributed by atoms with Crippen molar-refractivity contribution in [1.82, 2.24) is 0 Å². The zero-order chi connectivity index (χ0) is 25.2. The summed E-state index contributed by atoms with van der Waals surface area (Å²) >= 11 is 7.72. The number of carbonyl (C=O) groups excluding carboxylic acids is 2. The number of esters is 1. The van der Waals surface area contributed by atoms with Crippen LogP contribution in [0.5, 0.6) is 11.5 Å². The molecule has 5 aromatic rings. The second-order valence-corrected chi connectivity index (χ2v) is 9.24. The van der Waals surface area contributed by atoms with Crippen molar-refractivity contribution in [2.24, 2.45) is 0 Å². The number of amides is 1. The number of hydrogen-bond donors (Lipinski definition) is 1. The van der Waals surface area contributed by atoms with Crippen molar-refractivity contribution in [2.45, 2.75) is 6.92 Å². The highest BCUT2D eigenvalue weighted by Crippen LogP contribution is 2.46. The molecule has 0 aliphatic rings. The fourth-order valence-electron chi connectivity index (χ4n) is 3.94. The van der Waals surface area contributed by atoms with Crippen molar-refractivity contribution in [1.29, 1.82) is 0 Å². The summed E-state index contributed by atoms with van der Waals surface area (Å²) in [6, 6.07) is 21.7. The fraction of sp³-hybridized carbons (Fsp3) is 0.0714. The zero-order valence-corrected chi connectivity index (χ0v) is 20.9. The monoisotopic (exact) mass is 517 g/mol. The molecule has 180 valence electrons. The van der Waals surface area contributed by atoms with E-state index in [4.69, 9.17) is 25.5 Å². The average Bonchev–Trinajstić information content (AvgIpc) is 3.51. The Morgan fingerprint density at radius 1 is 0.972 bits per heavy atom. The van der Waals surface area contributed by atoms with Gasteiger partial charge in [0, 0.05) is 11.8 Å². The molecule has 5 rings (SSSR count). The highest BCUT2D eigenvalue weighted by molar-refractivity contribution is 7.13. The van der Waals surface area contributed by atoms with Gasteiger partial charge in [-0.05, 0) is 59.0 Å². The first-order valence-electron chi connectivity index (χ1n) is 11.0. The van der Waals surface area contributed by atoms with E-state index in [0.717, 1.165) is 21.8 Å². The standard InChI is InChI=1S/C28H20ClNO5S/c1-16(31)34-22-14-18(17-9-11-19(33-2)12-10-17)15-23-25(22)26(24-8-5-13-36-24)28(35-23)30-27(32)20-6-3-4-7-21(20)29/h3-15H,1-2H3,(H,30,32). The molecule has 0 radical (unpaired) electrons. The van der Waals surface area contributed by atoms with Gasteiger partial charge in [-0.2, -0.15) is 0 Å². The molecule has 0 aliphatic carbocycles. The topological polar surface area (TPSA) is 77.8 Å². The summed E-state index contributed by atoms with van der Waals surface area (Å²) in [5.41, 5.74) is 3.05. The lowest BCUT2D eigenvalue weighted by Crippen LogP contribution is -2.12. The van der Waals surface area contributed by atoms with Crippen molar-refractivity contribution in [3.8, 4) is 33.1 Å². The summed E-state index contributed by atoms with van der Waals surface area (Å²) < 4.78 is 17.1. The number of carbonyl (C=O) groups is 2. The van der Waals surface area contributed by atoms with Crippen LogP contribution in [0, 0.1) is 0 Å². The fourth-order valence-corrected chi connectivity index (χ4v) is 4.93. The molecule has 0 saturated carbocycles. The van der Waals surface area contributed by atoms with Crippen molar-refractivity contribution in [2.75, 3.05) is 12.4 Å². The van der Waals surface area contributed by atoms with Crippen molar-refractivity contribution in [3.05, 3.63) is 88.8 Å². The lowest BCUT2D eigenvalue weighted by atomic mass is 10.0. The summed E-state index contributed by atoms with van der Waals surface area (Å²) in [5.74, 6) is 0.404. The van der Waals surface area contributed by atoms with E-state index in [2.05, 4.69) is 5.32 Å². The van der Waals surface area contributed by atoms with Crippen LogP contribution in [-0.2, 0) is 4.79 Å². The molecule has 0 saturated heterocycles. The predicted octanol–water partition coefficient (Wildman–Crippen LogP) is 7.67. The molecule has 0 fully saturated rings. The molecule has 0 atom stereocenters. The number of ether oxygens (including phenoxy) is 2. The number of nitrogens with one attached hydrogen (secondary N) is 1. The Balaban J connectivity index is 1.70. The Bertz CT molecular complexity index is 1570. The van der Waals surface area contributed by atoms with Gasteiger partial charge in [0.2, 0.25) is 5.88 Å². The van der Waals surface area contributed by atoms with Crippen molar-refractivity contribution < 1.29 is 23.5 Å². The van der Waals surface area contributed by atoms with E-state index in [0.29, 0.717) is 32.9 Å². The van der Waals surface area contributed by atoms with Gasteiger partial charge in [-0.3, -0.25) is 14.9 Å². The van der Waals surface area contributed by atoms with E-state index in [-0.39, 0.29) is 5.88 Å². The van der Waals surface area contributed by atoms with E-state index in [1.54, 1.807) is 37.4 Å². The molecular formula is C28H20ClNO5S. The first-order chi connectivity index (χ1) is 17.4. The van der Waals surface area contributed by atoms with Gasteiger partial charge in [0.1, 0.15) is 17.1 Å². The average molecular weight is 518 g/mol. The minimum Gasteiger partial charge on any atom is -0.497 e. The molecule has 0 aliphatic heterocycles. The number of anilines is 1. The van der Waals surface area contributed by atoms with Gasteiger partial charge < -0.3 is 13.9 Å². The van der Waals surface area contributed by atoms with Crippen LogP contribution in [0.2, 0.25) is 5.02 Å². The Hall–Kier alpha value is -4.07. The molecule has 2 aromatic heterocycles. The van der Waals surface area contributed by atoms with Crippen LogP contribution < -0.4 is 14.8 Å². The number of fused-ring (bicyclic) bond motifs is 1. The maximum atomic E-state index is 13.1. The van der Waals surface area contributed by atoms with Gasteiger partial charge in [0.15, 0.2) is 0 Å². The van der Waals surface area contributed by atoms with Crippen LogP contribution in [0.1, 0.15) is 17.3 Å². The third kappa shape index (κ3) is 4.58. The molecule has 36 heavy (non-hydrogen) atoms. The number of thiophene rings is 1. The molecule has 0 spiro atoms. The number of rotatable bonds is 6. The van der Waals surface area contributed by atoms with Crippen LogP contribution in [0.25, 0.3) is 32.5 Å². The van der Waals surface area contributed by atoms with E-state index in [1.165, 1.54) is 18.3 Å². The summed E-state index contributed by atoms with van der Waals surface area (Å²) in [6.07, 6.45) is 0. The molecule has 6 nitrogen and oxygen atoms in total. The van der Waals surface area contributed by atoms with Crippen LogP contribution in [0.4, 0.5) is 5.88 Å². The summed E-state index contributed by atoms with van der Waals surface area (Å²) in [7, 11) is 1.60. The first kappa shape index (κ1) is 23.7. The van der Waals surface area contributed by atoms with Gasteiger partial charge in [-0.25, -0.2) is 0 Å². The number of furan rings is 1. The third-order valence-electron chi connectivity index (χ3n) is 5.55. The highest BCUT2D eigenvalue weighted by Gasteiger charge is 2.25. The summed E-state index contributed by atoms with van der Waals surface area (Å²) in [4.78, 5) is 26.0. The van der Waals surface area contributed by atoms with Crippen LogP contribution in [0.3, 0.4) is 0 Å². The Morgan fingerprint density at radius 2 is 1.75 bits per heavy atom. The van der Waals surface area contributed by atoms with Gasteiger partial charge in [0.25, 0.3) is 5.91 Å². The SMILES string of the molecule is COc1ccc(-c2cc(OC(C)=O)c3c(-c4cccs4)c(NC(=O)c4ccccc4Cl)oc3c2)cc1. The van der Waals surface area contributed by atoms with Crippen LogP contribution >= 0.6 is 22.9 Å². The smallest absolute Gasteiger partial charge is 0.308 e. The van der Waals surface area contributed by atoms with E-state index >= 15 is 0 Å². The minimum absolute atomic E-state index is 0.234. The Kier molecular flexibility index (Phi) is 6.50. The largest absolute Gasteiger partial charge is 0.497 e. The first-order valence-corrected chi connectivity index (χ1v) is 12.2. The summed E-state index contributed by atoms with van der Waals surface area (Å²) in [5, 5.41) is 5.69. The second kappa shape index (κ2) is 9.89. The molecule has 1 N–H and O–H groups in total. The van der Waals surface area contributed by atoms with E-state index < -0.39 is 11.9 Å². The lowest BCUT2D eigenvalue weighted by Gasteiger charge is -2.09. The second-order valence-electron chi connectivity index (χ2n) is 7.89. The molecule has 0 bridgehead atoms. The molecular weight excluding hydrogens is 498 g/mol. The van der Waals surface area contributed by atoms with Gasteiger partial charge in [0.05, 0.1) is 28.6 Å². The van der Waals surface area contributed by atoms with Crippen molar-refractivity contribution in [3.63, 3.8) is 0 Å². The van der Waals surface area contributed by atoms with Gasteiger partial charge in [-0.1, -0.05) is 41.9 Å². The lowest BCUT2D eigenvalue weighted by molar-refractivity contribution is -0.131. The molecule has 2 heterocycles. The maximum Gasteiger partial charge on any atom is 0.308 e. The van der Waals surface area contributed by atoms with Gasteiger partial charge >= 0.3 is 5.97 Å². The molecule has 1 amide bonds. The van der Waals surface area contributed by atoms with E-state index in [1.807, 2.05) is 47.8 Å². The zero-order valence-electron chi connectivity index (χ0n) is 19.3. The predicted molar refractivity (Wildman–Crippen MR) is 142 cm³/mol. The maximum absolute atomic E-state index is 13.1. The Labute approximate surface area is 216 Å². The Morgan fingerprint density at radius 3 is 2.42 bits per heavy atom. The summed E-state index contributed by atoms with van der Waals surface area (Å²) in [6.45, 7) is 1.34. The quantitative estimate of drug-likeness (QED) is 0.185. The highest BCUT2D eigenvalue weighted by atomic mass is 35.5. The number of halogens is 1. The van der Waals surface area contributed by atoms with Crippen LogP contribution in [-0.4, -0.2) is 19.0 Å². The van der Waals surface area contributed by atoms with Crippen LogP contribution in [0.15, 0.2) is 82.6 Å². The molecule has 0 unspecified atom stereocenters. The normalized spacial score (nSPS) is 10.9. The molecule has 8 heteroatoms.